The van der Waals surface area contributed by atoms with E-state index in [-0.39, 0.29) is 0 Å². The van der Waals surface area contributed by atoms with Gasteiger partial charge in [-0.15, -0.1) is 10.2 Å². The fraction of sp³-hybridized carbons (Fsp3) is 0.214. The van der Waals surface area contributed by atoms with Crippen LogP contribution in [-0.2, 0) is 0 Å². The maximum atomic E-state index is 6.57. The van der Waals surface area contributed by atoms with E-state index in [1.807, 2.05) is 87.5 Å². The van der Waals surface area contributed by atoms with Crippen LogP contribution in [0.3, 0.4) is 0 Å². The molecule has 0 fully saturated rings. The highest BCUT2D eigenvalue weighted by Gasteiger charge is 2.22. The van der Waals surface area contributed by atoms with Gasteiger partial charge in [0.1, 0.15) is 11.5 Å². The monoisotopic (exact) mass is 1520 g/mol. The summed E-state index contributed by atoms with van der Waals surface area (Å²) in [7, 11) is 0. The molecular formula is C84H84BrClN18O4. The molecule has 16 rings (SSSR count). The highest BCUT2D eigenvalue weighted by Crippen LogP contribution is 2.41. The molecule has 0 spiro atoms. The van der Waals surface area contributed by atoms with Crippen LogP contribution in [0.1, 0.15) is 84.2 Å². The first-order valence-corrected chi connectivity index (χ1v) is 36.9. The second-order valence-corrected chi connectivity index (χ2v) is 27.4. The third-order valence-corrected chi connectivity index (χ3v) is 20.1. The Morgan fingerprint density at radius 2 is 0.787 bits per heavy atom. The lowest BCUT2D eigenvalue weighted by molar-refractivity contribution is 0.393. The minimum absolute atomic E-state index is 0.617. The molecule has 0 aliphatic carbocycles. The van der Waals surface area contributed by atoms with E-state index in [1.165, 1.54) is 27.9 Å². The van der Waals surface area contributed by atoms with Gasteiger partial charge in [0, 0.05) is 140 Å². The van der Waals surface area contributed by atoms with Crippen LogP contribution in [0.4, 0.5) is 45.5 Å². The second-order valence-electron chi connectivity index (χ2n) is 26.1. The minimum atomic E-state index is 0.617. The topological polar surface area (TPSA) is 214 Å². The smallest absolute Gasteiger partial charge is 0.169 e. The van der Waals surface area contributed by atoms with E-state index in [0.29, 0.717) is 5.02 Å². The molecule has 0 N–H and O–H groups in total. The lowest BCUT2D eigenvalue weighted by atomic mass is 10.0. The predicted molar refractivity (Wildman–Crippen MR) is 433 cm³/mol. The Morgan fingerprint density at radius 1 is 0.380 bits per heavy atom. The number of nitrogens with zero attached hydrogens (tertiary/aromatic N) is 18. The Hall–Kier alpha value is -12.2. The van der Waals surface area contributed by atoms with Crippen molar-refractivity contribution < 1.29 is 18.1 Å². The van der Waals surface area contributed by atoms with Gasteiger partial charge in [-0.25, -0.2) is 19.3 Å². The number of benzene rings is 8. The van der Waals surface area contributed by atoms with Gasteiger partial charge < -0.3 is 46.8 Å². The van der Waals surface area contributed by atoms with Crippen LogP contribution in [0.2, 0.25) is 5.02 Å². The molecule has 548 valence electrons. The molecular weight excluding hydrogens is 1440 g/mol. The number of fused-ring (bicyclic) bond motifs is 2. The van der Waals surface area contributed by atoms with Crippen LogP contribution in [0, 0.1) is 69.2 Å². The summed E-state index contributed by atoms with van der Waals surface area (Å²) in [4.78, 5) is 17.3. The van der Waals surface area contributed by atoms with Crippen LogP contribution in [-0.4, -0.2) is 95.9 Å². The normalized spacial score (nSPS) is 11.1. The zero-order chi connectivity index (χ0) is 75.9. The number of hydrogen-bond donors (Lipinski definition) is 0. The summed E-state index contributed by atoms with van der Waals surface area (Å²) in [5.74, 6) is 1.65. The van der Waals surface area contributed by atoms with Gasteiger partial charge in [0.15, 0.2) is 11.2 Å². The van der Waals surface area contributed by atoms with Crippen molar-refractivity contribution in [2.75, 3.05) is 45.8 Å². The Morgan fingerprint density at radius 3 is 1.21 bits per heavy atom. The molecule has 0 amide bonds. The predicted octanol–water partition coefficient (Wildman–Crippen LogP) is 21.0. The summed E-state index contributed by atoms with van der Waals surface area (Å²) >= 11 is 10.3. The first-order chi connectivity index (χ1) is 52.3. The van der Waals surface area contributed by atoms with Gasteiger partial charge in [0.05, 0.1) is 76.6 Å². The van der Waals surface area contributed by atoms with Crippen molar-refractivity contribution in [2.45, 2.75) is 96.9 Å². The van der Waals surface area contributed by atoms with Crippen molar-refractivity contribution in [3.05, 3.63) is 274 Å². The van der Waals surface area contributed by atoms with Gasteiger partial charge in [0.25, 0.3) is 0 Å². The maximum absolute atomic E-state index is 6.57. The molecule has 8 aromatic carbocycles. The first-order valence-electron chi connectivity index (χ1n) is 35.7. The van der Waals surface area contributed by atoms with Gasteiger partial charge in [-0.3, -0.25) is 0 Å². The molecule has 8 aromatic heterocycles. The molecule has 8 heterocycles. The minimum Gasteiger partial charge on any atom is -0.361 e. The Balaban J connectivity index is 0.000000127. The maximum Gasteiger partial charge on any atom is 0.169 e. The van der Waals surface area contributed by atoms with Crippen molar-refractivity contribution in [3.63, 3.8) is 0 Å². The molecule has 0 saturated carbocycles. The van der Waals surface area contributed by atoms with E-state index in [4.69, 9.17) is 29.7 Å². The van der Waals surface area contributed by atoms with Crippen molar-refractivity contribution in [2.24, 2.45) is 0 Å². The summed E-state index contributed by atoms with van der Waals surface area (Å²) in [6, 6.07) is 50.6. The van der Waals surface area contributed by atoms with Crippen LogP contribution >= 0.6 is 27.5 Å². The first kappa shape index (κ1) is 74.1. The molecule has 0 saturated heterocycles. The molecule has 24 heteroatoms. The van der Waals surface area contributed by atoms with Gasteiger partial charge in [0.2, 0.25) is 0 Å². The fourth-order valence-corrected chi connectivity index (χ4v) is 14.5. The van der Waals surface area contributed by atoms with E-state index < -0.39 is 0 Å². The number of aromatic nitrogens is 14. The molecule has 0 atom stereocenters. The van der Waals surface area contributed by atoms with E-state index in [0.717, 1.165) is 172 Å². The summed E-state index contributed by atoms with van der Waals surface area (Å²) in [5.41, 5.74) is 27.3. The summed E-state index contributed by atoms with van der Waals surface area (Å²) in [6.07, 6.45) is 18.0. The van der Waals surface area contributed by atoms with Crippen LogP contribution < -0.4 is 19.6 Å². The van der Waals surface area contributed by atoms with Crippen molar-refractivity contribution in [1.29, 1.82) is 0 Å². The van der Waals surface area contributed by atoms with Gasteiger partial charge >= 0.3 is 0 Å². The zero-order valence-corrected chi connectivity index (χ0v) is 65.2. The van der Waals surface area contributed by atoms with Crippen molar-refractivity contribution in [1.82, 2.24) is 69.7 Å². The highest BCUT2D eigenvalue weighted by molar-refractivity contribution is 9.10. The van der Waals surface area contributed by atoms with E-state index >= 15 is 0 Å². The third-order valence-electron chi connectivity index (χ3n) is 19.2. The molecule has 0 aliphatic rings. The lowest BCUT2D eigenvalue weighted by Gasteiger charge is -2.26. The highest BCUT2D eigenvalue weighted by atomic mass is 79.9. The average Bonchev–Trinajstić information content (AvgIpc) is 1.77. The second kappa shape index (κ2) is 32.7. The van der Waals surface area contributed by atoms with E-state index in [2.05, 4.69) is 270 Å². The quantitative estimate of drug-likeness (QED) is 0.0781. The van der Waals surface area contributed by atoms with Crippen LogP contribution in [0.5, 0.6) is 0 Å². The van der Waals surface area contributed by atoms with Gasteiger partial charge in [-0.05, 0) is 262 Å². The lowest BCUT2D eigenvalue weighted by Crippen LogP contribution is -2.17. The van der Waals surface area contributed by atoms with Gasteiger partial charge in [-0.2, -0.15) is 0 Å². The SMILES string of the molecule is CCN(c1ccc(-n2ccnc2)cc1)c1cc2c(C)noc2cc1C.CCN(c1ccc(-n2ccnc2)cc1)c1cc2onc(C)c2cc1C.CCN(c1ccc(-n2ccnn2)c(Br)c1)c1cc(-c2c(C)noc2C)ccc1C.CCN(c1ccc(-n2ccnn2)c(Cl)c1)c1cc(-c2c(C)noc2C)ccc1C. The number of imidazole rings is 2. The summed E-state index contributed by atoms with van der Waals surface area (Å²) in [6.45, 7) is 32.2. The summed E-state index contributed by atoms with van der Waals surface area (Å²) < 4.78 is 29.9. The molecule has 0 aliphatic heterocycles. The van der Waals surface area contributed by atoms with Crippen molar-refractivity contribution >= 4 is 95.0 Å². The molecule has 0 unspecified atom stereocenters. The Labute approximate surface area is 640 Å². The largest absolute Gasteiger partial charge is 0.361 e. The molecule has 0 bridgehead atoms. The Bertz CT molecular complexity index is 5490. The number of halogens is 2. The zero-order valence-electron chi connectivity index (χ0n) is 62.9. The van der Waals surface area contributed by atoms with E-state index in [9.17, 15) is 0 Å². The van der Waals surface area contributed by atoms with Crippen molar-refractivity contribution in [3.8, 4) is 45.0 Å². The number of rotatable bonds is 18. The third kappa shape index (κ3) is 15.6. The molecule has 0 radical (unpaired) electrons. The van der Waals surface area contributed by atoms with E-state index in [1.54, 1.807) is 53.0 Å². The van der Waals surface area contributed by atoms with Crippen LogP contribution in [0.15, 0.2) is 230 Å². The molecule has 16 aromatic rings. The van der Waals surface area contributed by atoms with Crippen LogP contribution in [0.25, 0.3) is 66.9 Å². The molecule has 108 heavy (non-hydrogen) atoms. The average molecular weight is 1530 g/mol. The fourth-order valence-electron chi connectivity index (χ4n) is 13.7. The Kier molecular flexibility index (Phi) is 22.4. The van der Waals surface area contributed by atoms with Gasteiger partial charge in [-0.1, -0.05) is 66.9 Å². The summed E-state index contributed by atoms with van der Waals surface area (Å²) in [5, 5.41) is 34.9. The number of anilines is 8. The number of aryl methyl sites for hydroxylation is 10. The standard InChI is InChI=1S/C22H22BrN5O.C22H22ClN5O.2C20H20N4O/c2*1-5-27(18-8-9-20(19(23)13-18)28-11-10-24-26-28)21-12-17(7-6-14(21)2)22-15(3)25-29-16(22)4;1-4-24(17-7-5-16(6-8-17)23-10-9-21-13-23)19-12-18-15(3)22-25-20(18)11-14(19)2;1-4-24(17-7-5-16(6-8-17)23-10-9-21-13-23)19-12-20-18(11-14(19)2)15(3)22-25-20/h2*6-13H,5H2,1-4H3;2*5-13H,4H2,1-3H3. The molecule has 22 nitrogen and oxygen atoms in total. The number of hydrogen-bond acceptors (Lipinski definition) is 18.